The molecule has 0 spiro atoms. The summed E-state index contributed by atoms with van der Waals surface area (Å²) >= 11 is 0. The molecule has 0 aliphatic carbocycles. The summed E-state index contributed by atoms with van der Waals surface area (Å²) in [4.78, 5) is 24.6. The van der Waals surface area contributed by atoms with E-state index in [1.165, 1.54) is 0 Å². The van der Waals surface area contributed by atoms with Gasteiger partial charge in [-0.1, -0.05) is 0 Å². The van der Waals surface area contributed by atoms with Crippen LogP contribution in [0.25, 0.3) is 0 Å². The van der Waals surface area contributed by atoms with Crippen molar-refractivity contribution < 1.29 is 14.3 Å². The first-order chi connectivity index (χ1) is 8.31. The Bertz CT molecular complexity index is 368. The van der Waals surface area contributed by atoms with Gasteiger partial charge >= 0.3 is 6.09 Å². The molecule has 1 rings (SSSR count). The first-order valence-electron chi connectivity index (χ1n) is 5.96. The average molecular weight is 253 g/mol. The summed E-state index contributed by atoms with van der Waals surface area (Å²) in [5.74, 6) is -0.189. The maximum atomic E-state index is 11.5. The smallest absolute Gasteiger partial charge is 0.407 e. The van der Waals surface area contributed by atoms with E-state index in [1.54, 1.807) is 25.7 Å². The van der Waals surface area contributed by atoms with E-state index in [1.807, 2.05) is 6.07 Å². The SMILES string of the molecule is CC(C)(C)OC(=O)NC1CCN(C(=O)CC#N)C1. The number of ether oxygens (including phenoxy) is 1. The Hall–Kier alpha value is -1.77. The Morgan fingerprint density at radius 1 is 1.50 bits per heavy atom. The number of nitrogens with zero attached hydrogens (tertiary/aromatic N) is 2. The summed E-state index contributed by atoms with van der Waals surface area (Å²) < 4.78 is 5.14. The molecule has 1 N–H and O–H groups in total. The third-order valence-electron chi connectivity index (χ3n) is 2.49. The van der Waals surface area contributed by atoms with Crippen molar-refractivity contribution in [1.82, 2.24) is 10.2 Å². The van der Waals surface area contributed by atoms with Gasteiger partial charge in [0.2, 0.25) is 5.91 Å². The molecular formula is C12H19N3O3. The molecule has 6 nitrogen and oxygen atoms in total. The second-order valence-corrected chi connectivity index (χ2v) is 5.31. The Balaban J connectivity index is 2.37. The van der Waals surface area contributed by atoms with E-state index >= 15 is 0 Å². The van der Waals surface area contributed by atoms with Crippen LogP contribution in [-0.2, 0) is 9.53 Å². The number of nitriles is 1. The van der Waals surface area contributed by atoms with Crippen LogP contribution in [0.1, 0.15) is 33.6 Å². The molecule has 1 unspecified atom stereocenters. The van der Waals surface area contributed by atoms with Crippen molar-refractivity contribution >= 4 is 12.0 Å². The second kappa shape index (κ2) is 5.71. The highest BCUT2D eigenvalue weighted by Crippen LogP contribution is 2.12. The molecule has 0 aromatic heterocycles. The summed E-state index contributed by atoms with van der Waals surface area (Å²) in [6.45, 7) is 6.40. The summed E-state index contributed by atoms with van der Waals surface area (Å²) in [5, 5.41) is 11.2. The largest absolute Gasteiger partial charge is 0.444 e. The minimum Gasteiger partial charge on any atom is -0.444 e. The number of carbonyl (C=O) groups is 2. The van der Waals surface area contributed by atoms with Crippen molar-refractivity contribution in [2.75, 3.05) is 13.1 Å². The maximum absolute atomic E-state index is 11.5. The minimum atomic E-state index is -0.529. The van der Waals surface area contributed by atoms with Gasteiger partial charge in [-0.3, -0.25) is 4.79 Å². The fraction of sp³-hybridized carbons (Fsp3) is 0.750. The lowest BCUT2D eigenvalue weighted by Gasteiger charge is -2.21. The molecule has 0 aromatic rings. The van der Waals surface area contributed by atoms with Crippen molar-refractivity contribution in [3.05, 3.63) is 0 Å². The van der Waals surface area contributed by atoms with Gasteiger partial charge < -0.3 is 15.0 Å². The second-order valence-electron chi connectivity index (χ2n) is 5.31. The molecule has 0 bridgehead atoms. The van der Waals surface area contributed by atoms with Crippen LogP contribution in [0, 0.1) is 11.3 Å². The third-order valence-corrected chi connectivity index (χ3v) is 2.49. The predicted octanol–water partition coefficient (Wildman–Crippen LogP) is 1.03. The van der Waals surface area contributed by atoms with Gasteiger partial charge in [-0.25, -0.2) is 4.79 Å². The molecule has 1 fully saturated rings. The highest BCUT2D eigenvalue weighted by Gasteiger charge is 2.28. The lowest BCUT2D eigenvalue weighted by molar-refractivity contribution is -0.129. The summed E-state index contributed by atoms with van der Waals surface area (Å²) in [6, 6.07) is 1.73. The van der Waals surface area contributed by atoms with Gasteiger partial charge in [0.25, 0.3) is 0 Å². The summed E-state index contributed by atoms with van der Waals surface area (Å²) in [6.07, 6.45) is 0.109. The zero-order chi connectivity index (χ0) is 13.8. The lowest BCUT2D eigenvalue weighted by Crippen LogP contribution is -2.41. The zero-order valence-corrected chi connectivity index (χ0v) is 11.0. The predicted molar refractivity (Wildman–Crippen MR) is 64.6 cm³/mol. The van der Waals surface area contributed by atoms with Gasteiger partial charge in [0.05, 0.1) is 12.1 Å². The van der Waals surface area contributed by atoms with Crippen LogP contribution < -0.4 is 5.32 Å². The molecule has 1 aliphatic rings. The topological polar surface area (TPSA) is 82.4 Å². The van der Waals surface area contributed by atoms with Crippen molar-refractivity contribution in [3.8, 4) is 6.07 Å². The van der Waals surface area contributed by atoms with Crippen molar-refractivity contribution in [2.24, 2.45) is 0 Å². The average Bonchev–Trinajstić information content (AvgIpc) is 2.63. The maximum Gasteiger partial charge on any atom is 0.407 e. The quantitative estimate of drug-likeness (QED) is 0.796. The first-order valence-corrected chi connectivity index (χ1v) is 5.96. The molecule has 1 aliphatic heterocycles. The van der Waals surface area contributed by atoms with Crippen molar-refractivity contribution in [1.29, 1.82) is 5.26 Å². The van der Waals surface area contributed by atoms with Gasteiger partial charge in [0.15, 0.2) is 0 Å². The van der Waals surface area contributed by atoms with Gasteiger partial charge in [-0.2, -0.15) is 5.26 Å². The van der Waals surface area contributed by atoms with Crippen LogP contribution >= 0.6 is 0 Å². The fourth-order valence-corrected chi connectivity index (χ4v) is 1.76. The van der Waals surface area contributed by atoms with Crippen LogP contribution in [0.4, 0.5) is 4.79 Å². The van der Waals surface area contributed by atoms with E-state index in [-0.39, 0.29) is 18.4 Å². The number of hydrogen-bond donors (Lipinski definition) is 1. The number of amides is 2. The molecule has 0 saturated carbocycles. The van der Waals surface area contributed by atoms with E-state index in [0.29, 0.717) is 19.5 Å². The highest BCUT2D eigenvalue weighted by molar-refractivity contribution is 5.78. The molecule has 1 atom stereocenters. The van der Waals surface area contributed by atoms with E-state index in [2.05, 4.69) is 5.32 Å². The van der Waals surface area contributed by atoms with Crippen molar-refractivity contribution in [3.63, 3.8) is 0 Å². The Labute approximate surface area is 107 Å². The first kappa shape index (κ1) is 14.3. The van der Waals surface area contributed by atoms with Gasteiger partial charge in [0.1, 0.15) is 12.0 Å². The van der Waals surface area contributed by atoms with Crippen LogP contribution in [-0.4, -0.2) is 41.6 Å². The molecule has 6 heteroatoms. The number of rotatable bonds is 2. The number of nitrogens with one attached hydrogen (secondary N) is 1. The number of likely N-dealkylation sites (tertiary alicyclic amines) is 1. The molecular weight excluding hydrogens is 234 g/mol. The van der Waals surface area contributed by atoms with E-state index in [0.717, 1.165) is 0 Å². The summed E-state index contributed by atoms with van der Waals surface area (Å²) in [7, 11) is 0. The molecule has 100 valence electrons. The molecule has 18 heavy (non-hydrogen) atoms. The van der Waals surface area contributed by atoms with Gasteiger partial charge in [-0.15, -0.1) is 0 Å². The number of carbonyl (C=O) groups excluding carboxylic acids is 2. The van der Waals surface area contributed by atoms with E-state index < -0.39 is 11.7 Å². The summed E-state index contributed by atoms with van der Waals surface area (Å²) in [5.41, 5.74) is -0.529. The van der Waals surface area contributed by atoms with E-state index in [9.17, 15) is 9.59 Å². The third kappa shape index (κ3) is 4.62. The molecule has 0 radical (unpaired) electrons. The number of hydrogen-bond acceptors (Lipinski definition) is 4. The Morgan fingerprint density at radius 2 is 2.17 bits per heavy atom. The highest BCUT2D eigenvalue weighted by atomic mass is 16.6. The van der Waals surface area contributed by atoms with E-state index in [4.69, 9.17) is 10.00 Å². The van der Waals surface area contributed by atoms with Gasteiger partial charge in [-0.05, 0) is 27.2 Å². The van der Waals surface area contributed by atoms with Crippen LogP contribution in [0.2, 0.25) is 0 Å². The molecule has 1 saturated heterocycles. The van der Waals surface area contributed by atoms with Crippen LogP contribution in [0.3, 0.4) is 0 Å². The zero-order valence-electron chi connectivity index (χ0n) is 11.0. The fourth-order valence-electron chi connectivity index (χ4n) is 1.76. The van der Waals surface area contributed by atoms with Crippen LogP contribution in [0.15, 0.2) is 0 Å². The Morgan fingerprint density at radius 3 is 2.72 bits per heavy atom. The molecule has 2 amide bonds. The molecule has 0 aromatic carbocycles. The monoisotopic (exact) mass is 253 g/mol. The minimum absolute atomic E-state index is 0.0949. The number of alkyl carbamates (subject to hydrolysis) is 1. The molecule has 1 heterocycles. The normalized spacial score (nSPS) is 19.2. The standard InChI is InChI=1S/C12H19N3O3/c1-12(2,3)18-11(17)14-9-5-7-15(8-9)10(16)4-6-13/h9H,4-5,7-8H2,1-3H3,(H,14,17). The van der Waals surface area contributed by atoms with Crippen LogP contribution in [0.5, 0.6) is 0 Å². The van der Waals surface area contributed by atoms with Crippen molar-refractivity contribution in [2.45, 2.75) is 45.3 Å². The Kier molecular flexibility index (Phi) is 4.54. The van der Waals surface area contributed by atoms with Gasteiger partial charge in [0, 0.05) is 13.1 Å². The lowest BCUT2D eigenvalue weighted by atomic mass is 10.2.